The van der Waals surface area contributed by atoms with Crippen LogP contribution in [0.25, 0.3) is 16.9 Å². The molecule has 19 heavy (non-hydrogen) atoms. The number of hydrogen-bond donors (Lipinski definition) is 0. The van der Waals surface area contributed by atoms with Gasteiger partial charge in [-0.1, -0.05) is 30.3 Å². The summed E-state index contributed by atoms with van der Waals surface area (Å²) in [6.45, 7) is 0. The summed E-state index contributed by atoms with van der Waals surface area (Å²) < 4.78 is 1.63. The summed E-state index contributed by atoms with van der Waals surface area (Å²) in [6.07, 6.45) is 3.47. The highest BCUT2D eigenvalue weighted by Crippen LogP contribution is 2.30. The van der Waals surface area contributed by atoms with Crippen LogP contribution in [0.2, 0.25) is 0 Å². The van der Waals surface area contributed by atoms with E-state index in [-0.39, 0.29) is 5.56 Å². The zero-order valence-electron chi connectivity index (χ0n) is 10.3. The van der Waals surface area contributed by atoms with Crippen LogP contribution in [0.1, 0.15) is 11.1 Å². The van der Waals surface area contributed by atoms with Crippen LogP contribution in [-0.4, -0.2) is 9.38 Å². The van der Waals surface area contributed by atoms with Gasteiger partial charge < -0.3 is 0 Å². The van der Waals surface area contributed by atoms with Crippen molar-refractivity contribution in [2.75, 3.05) is 0 Å². The number of hydrogen-bond acceptors (Lipinski definition) is 2. The van der Waals surface area contributed by atoms with Gasteiger partial charge in [-0.25, -0.2) is 4.98 Å². The zero-order chi connectivity index (χ0) is 12.8. The van der Waals surface area contributed by atoms with Gasteiger partial charge >= 0.3 is 0 Å². The van der Waals surface area contributed by atoms with E-state index in [4.69, 9.17) is 0 Å². The fourth-order valence-electron chi connectivity index (χ4n) is 2.80. The molecule has 1 aromatic carbocycles. The summed E-state index contributed by atoms with van der Waals surface area (Å²) in [5.41, 5.74) is 4.85. The molecule has 0 amide bonds. The second-order valence-corrected chi connectivity index (χ2v) is 4.83. The summed E-state index contributed by atoms with van der Waals surface area (Å²) in [6, 6.07) is 13.9. The van der Waals surface area contributed by atoms with Crippen LogP contribution >= 0.6 is 0 Å². The summed E-state index contributed by atoms with van der Waals surface area (Å²) in [7, 11) is 0. The van der Waals surface area contributed by atoms with Crippen LogP contribution in [0, 0.1) is 0 Å². The van der Waals surface area contributed by atoms with E-state index in [1.807, 2.05) is 30.3 Å². The summed E-state index contributed by atoms with van der Waals surface area (Å²) >= 11 is 0. The molecule has 0 bridgehead atoms. The lowest BCUT2D eigenvalue weighted by atomic mass is 9.90. The lowest BCUT2D eigenvalue weighted by Crippen LogP contribution is -2.23. The minimum Gasteiger partial charge on any atom is -0.269 e. The maximum Gasteiger partial charge on any atom is 0.261 e. The maximum atomic E-state index is 12.5. The van der Waals surface area contributed by atoms with E-state index in [2.05, 4.69) is 17.1 Å². The largest absolute Gasteiger partial charge is 0.269 e. The molecule has 3 nitrogen and oxygen atoms in total. The molecule has 0 spiro atoms. The van der Waals surface area contributed by atoms with Crippen molar-refractivity contribution in [3.63, 3.8) is 0 Å². The lowest BCUT2D eigenvalue weighted by Gasteiger charge is -2.18. The Morgan fingerprint density at radius 2 is 1.84 bits per heavy atom. The van der Waals surface area contributed by atoms with Gasteiger partial charge in [0.05, 0.1) is 5.69 Å². The maximum absolute atomic E-state index is 12.5. The van der Waals surface area contributed by atoms with E-state index >= 15 is 0 Å². The summed E-state index contributed by atoms with van der Waals surface area (Å²) in [4.78, 5) is 17.2. The topological polar surface area (TPSA) is 34.4 Å². The van der Waals surface area contributed by atoms with Crippen LogP contribution in [0.5, 0.6) is 0 Å². The Labute approximate surface area is 110 Å². The number of aromatic nitrogens is 2. The number of rotatable bonds is 0. The van der Waals surface area contributed by atoms with Gasteiger partial charge in [0.15, 0.2) is 0 Å². The smallest absolute Gasteiger partial charge is 0.261 e. The number of aryl methyl sites for hydroxylation is 1. The second kappa shape index (κ2) is 3.79. The Morgan fingerprint density at radius 3 is 2.79 bits per heavy atom. The van der Waals surface area contributed by atoms with E-state index in [9.17, 15) is 4.79 Å². The minimum absolute atomic E-state index is 0.0649. The van der Waals surface area contributed by atoms with Crippen molar-refractivity contribution < 1.29 is 0 Å². The van der Waals surface area contributed by atoms with Crippen LogP contribution in [0.4, 0.5) is 0 Å². The average molecular weight is 248 g/mol. The fourth-order valence-corrected chi connectivity index (χ4v) is 2.80. The number of fused-ring (bicyclic) bond motifs is 4. The van der Waals surface area contributed by atoms with Gasteiger partial charge in [0.25, 0.3) is 5.56 Å². The Kier molecular flexibility index (Phi) is 2.09. The highest BCUT2D eigenvalue weighted by molar-refractivity contribution is 5.70. The number of benzene rings is 1. The normalized spacial score (nSPS) is 13.1. The first-order valence-electron chi connectivity index (χ1n) is 6.43. The molecule has 3 heteroatoms. The van der Waals surface area contributed by atoms with Gasteiger partial charge in [0, 0.05) is 17.3 Å². The molecule has 0 aliphatic heterocycles. The predicted octanol–water partition coefficient (Wildman–Crippen LogP) is 2.46. The third-order valence-electron chi connectivity index (χ3n) is 3.74. The zero-order valence-corrected chi connectivity index (χ0v) is 10.3. The Morgan fingerprint density at radius 1 is 1.00 bits per heavy atom. The number of nitrogens with zero attached hydrogens (tertiary/aromatic N) is 2. The van der Waals surface area contributed by atoms with Gasteiger partial charge in [-0.2, -0.15) is 0 Å². The van der Waals surface area contributed by atoms with Crippen molar-refractivity contribution in [3.8, 4) is 11.3 Å². The molecule has 0 unspecified atom stereocenters. The minimum atomic E-state index is 0.0649. The molecular weight excluding hydrogens is 236 g/mol. The van der Waals surface area contributed by atoms with Crippen LogP contribution in [0.3, 0.4) is 0 Å². The molecule has 1 aliphatic carbocycles. The molecule has 3 aromatic rings. The van der Waals surface area contributed by atoms with Crippen LogP contribution < -0.4 is 5.56 Å². The van der Waals surface area contributed by atoms with E-state index in [1.54, 1.807) is 10.6 Å². The Bertz CT molecular complexity index is 849. The molecule has 2 aromatic heterocycles. The predicted molar refractivity (Wildman–Crippen MR) is 74.3 cm³/mol. The van der Waals surface area contributed by atoms with Gasteiger partial charge in [-0.3, -0.25) is 9.20 Å². The van der Waals surface area contributed by atoms with Gasteiger partial charge in [0.1, 0.15) is 5.65 Å². The Balaban J connectivity index is 2.15. The van der Waals surface area contributed by atoms with Crippen molar-refractivity contribution >= 4 is 5.65 Å². The molecule has 0 saturated heterocycles. The molecule has 0 N–H and O–H groups in total. The molecular formula is C16H12N2O. The Hall–Kier alpha value is -2.42. The molecule has 0 radical (unpaired) electrons. The molecule has 4 rings (SSSR count). The molecule has 92 valence electrons. The lowest BCUT2D eigenvalue weighted by molar-refractivity contribution is 0.881. The SMILES string of the molecule is O=c1c2c(nc3ccccn13)-c1ccccc1CC2. The van der Waals surface area contributed by atoms with Crippen molar-refractivity contribution in [2.45, 2.75) is 12.8 Å². The van der Waals surface area contributed by atoms with Gasteiger partial charge in [-0.05, 0) is 30.5 Å². The molecule has 1 aliphatic rings. The monoisotopic (exact) mass is 248 g/mol. The van der Waals surface area contributed by atoms with E-state index < -0.39 is 0 Å². The molecule has 0 fully saturated rings. The highest BCUT2D eigenvalue weighted by atomic mass is 16.1. The third-order valence-corrected chi connectivity index (χ3v) is 3.74. The molecule has 0 atom stereocenters. The first-order chi connectivity index (χ1) is 9.34. The van der Waals surface area contributed by atoms with Crippen LogP contribution in [0.15, 0.2) is 53.5 Å². The van der Waals surface area contributed by atoms with Crippen molar-refractivity contribution in [3.05, 3.63) is 70.1 Å². The van der Waals surface area contributed by atoms with Crippen molar-refractivity contribution in [1.29, 1.82) is 0 Å². The highest BCUT2D eigenvalue weighted by Gasteiger charge is 2.20. The number of pyridine rings is 1. The summed E-state index contributed by atoms with van der Waals surface area (Å²) in [5, 5.41) is 0. The van der Waals surface area contributed by atoms with E-state index in [0.717, 1.165) is 29.7 Å². The van der Waals surface area contributed by atoms with Gasteiger partial charge in [0.2, 0.25) is 0 Å². The standard InChI is InChI=1S/C16H12N2O/c19-16-13-9-8-11-5-1-2-6-12(11)15(13)17-14-7-3-4-10-18(14)16/h1-7,10H,8-9H2. The van der Waals surface area contributed by atoms with E-state index in [0.29, 0.717) is 5.65 Å². The first-order valence-corrected chi connectivity index (χ1v) is 6.43. The van der Waals surface area contributed by atoms with Crippen molar-refractivity contribution in [1.82, 2.24) is 9.38 Å². The average Bonchev–Trinajstić information content (AvgIpc) is 2.47. The van der Waals surface area contributed by atoms with Crippen molar-refractivity contribution in [2.24, 2.45) is 0 Å². The molecule has 2 heterocycles. The van der Waals surface area contributed by atoms with Crippen LogP contribution in [-0.2, 0) is 12.8 Å². The summed E-state index contributed by atoms with van der Waals surface area (Å²) in [5.74, 6) is 0. The second-order valence-electron chi connectivity index (χ2n) is 4.83. The quantitative estimate of drug-likeness (QED) is 0.612. The first kappa shape index (κ1) is 10.5. The fraction of sp³-hybridized carbons (Fsp3) is 0.125. The molecule has 0 saturated carbocycles. The van der Waals surface area contributed by atoms with E-state index in [1.165, 1.54) is 5.56 Å². The van der Waals surface area contributed by atoms with Gasteiger partial charge in [-0.15, -0.1) is 0 Å². The third kappa shape index (κ3) is 1.45.